The van der Waals surface area contributed by atoms with Crippen LogP contribution in [0.25, 0.3) is 6.08 Å². The van der Waals surface area contributed by atoms with Crippen LogP contribution in [0.1, 0.15) is 16.7 Å². The van der Waals surface area contributed by atoms with E-state index in [1.807, 2.05) is 0 Å². The zero-order valence-corrected chi connectivity index (χ0v) is 19.3. The molecule has 0 radical (unpaired) electrons. The van der Waals surface area contributed by atoms with Crippen LogP contribution in [0.4, 0.5) is 14.9 Å². The molecule has 1 aliphatic rings. The van der Waals surface area contributed by atoms with E-state index in [0.29, 0.717) is 22.6 Å². The Balaban J connectivity index is 1.45. The summed E-state index contributed by atoms with van der Waals surface area (Å²) in [6.07, 6.45) is 1.60. The Labute approximate surface area is 204 Å². The molecule has 0 aliphatic carbocycles. The number of carbonyl (C=O) groups is 2. The number of hydrogen-bond acceptors (Lipinski definition) is 7. The minimum atomic E-state index is -0.468. The third kappa shape index (κ3) is 5.67. The first-order valence-corrected chi connectivity index (χ1v) is 11.2. The molecule has 0 atom stereocenters. The zero-order valence-electron chi connectivity index (χ0n) is 18.5. The van der Waals surface area contributed by atoms with E-state index < -0.39 is 21.9 Å². The minimum absolute atomic E-state index is 0.00207. The maximum absolute atomic E-state index is 13.1. The molecule has 0 aromatic heterocycles. The normalized spacial score (nSPS) is 14.5. The fourth-order valence-corrected chi connectivity index (χ4v) is 4.17. The van der Waals surface area contributed by atoms with Crippen LogP contribution in [0.5, 0.6) is 11.5 Å². The number of rotatable bonds is 8. The van der Waals surface area contributed by atoms with Gasteiger partial charge in [0.2, 0.25) is 0 Å². The summed E-state index contributed by atoms with van der Waals surface area (Å²) in [5.74, 6) is 0.0531. The van der Waals surface area contributed by atoms with Gasteiger partial charge in [0.15, 0.2) is 11.5 Å². The largest absolute Gasteiger partial charge is 0.493 e. The lowest BCUT2D eigenvalue weighted by Crippen LogP contribution is -2.27. The molecule has 0 bridgehead atoms. The van der Waals surface area contributed by atoms with Gasteiger partial charge in [-0.15, -0.1) is 0 Å². The maximum atomic E-state index is 13.1. The first-order valence-electron chi connectivity index (χ1n) is 10.4. The molecule has 0 N–H and O–H groups in total. The number of halogens is 1. The van der Waals surface area contributed by atoms with Crippen LogP contribution in [-0.4, -0.2) is 28.1 Å². The lowest BCUT2D eigenvalue weighted by atomic mass is 10.1. The molecule has 1 saturated heterocycles. The molecule has 0 saturated carbocycles. The first kappa shape index (κ1) is 24.0. The van der Waals surface area contributed by atoms with E-state index in [1.165, 1.54) is 43.5 Å². The van der Waals surface area contributed by atoms with Gasteiger partial charge in [0.1, 0.15) is 12.4 Å². The molecule has 1 heterocycles. The van der Waals surface area contributed by atoms with Crippen molar-refractivity contribution >= 4 is 34.7 Å². The Hall–Kier alpha value is -4.18. The van der Waals surface area contributed by atoms with E-state index in [1.54, 1.807) is 36.4 Å². The first-order chi connectivity index (χ1) is 16.8. The van der Waals surface area contributed by atoms with Crippen LogP contribution in [0, 0.1) is 15.9 Å². The monoisotopic (exact) mass is 494 g/mol. The van der Waals surface area contributed by atoms with Gasteiger partial charge in [0, 0.05) is 12.1 Å². The van der Waals surface area contributed by atoms with Gasteiger partial charge in [0.25, 0.3) is 16.8 Å². The second kappa shape index (κ2) is 10.4. The molecule has 1 fully saturated rings. The van der Waals surface area contributed by atoms with Crippen LogP contribution in [0.15, 0.2) is 71.6 Å². The molecule has 10 heteroatoms. The summed E-state index contributed by atoms with van der Waals surface area (Å²) in [6.45, 7) is 0.233. The molecule has 3 aromatic rings. The number of nitro groups is 1. The molecule has 2 amide bonds. The number of hydrogen-bond donors (Lipinski definition) is 0. The van der Waals surface area contributed by atoms with Crippen molar-refractivity contribution in [1.82, 2.24) is 4.90 Å². The molecule has 178 valence electrons. The molecule has 8 nitrogen and oxygen atoms in total. The highest BCUT2D eigenvalue weighted by Crippen LogP contribution is 2.35. The fraction of sp³-hybridized carbons (Fsp3) is 0.120. The Kier molecular flexibility index (Phi) is 7.11. The van der Waals surface area contributed by atoms with Crippen LogP contribution < -0.4 is 9.47 Å². The molecular weight excluding hydrogens is 475 g/mol. The number of amides is 2. The van der Waals surface area contributed by atoms with Crippen LogP contribution >= 0.6 is 11.8 Å². The van der Waals surface area contributed by atoms with Gasteiger partial charge in [-0.25, -0.2) is 4.39 Å². The number of carbonyl (C=O) groups excluding carboxylic acids is 2. The van der Waals surface area contributed by atoms with Gasteiger partial charge in [-0.05, 0) is 70.9 Å². The zero-order chi connectivity index (χ0) is 24.9. The van der Waals surface area contributed by atoms with Crippen molar-refractivity contribution in [1.29, 1.82) is 0 Å². The fourth-order valence-electron chi connectivity index (χ4n) is 3.33. The van der Waals surface area contributed by atoms with E-state index in [2.05, 4.69) is 0 Å². The standard InChI is InChI=1S/C25H19FN2O6S/c1-33-22-12-18(6-11-21(22)34-15-17-4-9-20(10-5-17)28(31)32)13-23-24(29)27(25(30)35-23)14-16-2-7-19(26)8-3-16/h2-13H,14-15H2,1H3/b23-13+. The van der Waals surface area contributed by atoms with Crippen molar-refractivity contribution in [3.8, 4) is 11.5 Å². The van der Waals surface area contributed by atoms with Crippen LogP contribution in [-0.2, 0) is 17.9 Å². The summed E-state index contributed by atoms with van der Waals surface area (Å²) in [5, 5.41) is 10.4. The Morgan fingerprint density at radius 1 is 1.00 bits per heavy atom. The molecule has 35 heavy (non-hydrogen) atoms. The number of nitro benzene ring substituents is 1. The number of non-ortho nitro benzene ring substituents is 1. The summed E-state index contributed by atoms with van der Waals surface area (Å²) in [5.41, 5.74) is 2.03. The number of nitrogens with zero attached hydrogens (tertiary/aromatic N) is 2. The number of benzene rings is 3. The average molecular weight is 495 g/mol. The van der Waals surface area contributed by atoms with Gasteiger partial charge in [-0.2, -0.15) is 0 Å². The molecule has 1 aliphatic heterocycles. The number of ether oxygens (including phenoxy) is 2. The second-order valence-corrected chi connectivity index (χ2v) is 8.51. The van der Waals surface area contributed by atoms with Crippen molar-refractivity contribution in [3.63, 3.8) is 0 Å². The van der Waals surface area contributed by atoms with Crippen LogP contribution in [0.2, 0.25) is 0 Å². The lowest BCUT2D eigenvalue weighted by molar-refractivity contribution is -0.384. The molecule has 0 spiro atoms. The van der Waals surface area contributed by atoms with Crippen molar-refractivity contribution in [2.45, 2.75) is 13.2 Å². The van der Waals surface area contributed by atoms with Gasteiger partial charge in [-0.1, -0.05) is 18.2 Å². The quantitative estimate of drug-likeness (QED) is 0.230. The van der Waals surface area contributed by atoms with Gasteiger partial charge < -0.3 is 9.47 Å². The summed E-state index contributed by atoms with van der Waals surface area (Å²) in [4.78, 5) is 36.9. The molecule has 3 aromatic carbocycles. The predicted octanol–water partition coefficient (Wildman–Crippen LogP) is 5.56. The van der Waals surface area contributed by atoms with Crippen molar-refractivity contribution in [2.75, 3.05) is 7.11 Å². The lowest BCUT2D eigenvalue weighted by Gasteiger charge is -2.12. The molecule has 4 rings (SSSR count). The van der Waals surface area contributed by atoms with E-state index in [0.717, 1.165) is 22.2 Å². The van der Waals surface area contributed by atoms with Gasteiger partial charge in [-0.3, -0.25) is 24.6 Å². The number of imide groups is 1. The second-order valence-electron chi connectivity index (χ2n) is 7.52. The highest BCUT2D eigenvalue weighted by atomic mass is 32.2. The van der Waals surface area contributed by atoms with Crippen molar-refractivity contribution in [3.05, 3.63) is 104 Å². The van der Waals surface area contributed by atoms with E-state index in [-0.39, 0.29) is 23.7 Å². The summed E-state index contributed by atoms with van der Waals surface area (Å²) in [6, 6.07) is 16.7. The third-order valence-corrected chi connectivity index (χ3v) is 6.06. The minimum Gasteiger partial charge on any atom is -0.493 e. The highest BCUT2D eigenvalue weighted by molar-refractivity contribution is 8.18. The van der Waals surface area contributed by atoms with E-state index >= 15 is 0 Å². The van der Waals surface area contributed by atoms with Crippen LogP contribution in [0.3, 0.4) is 0 Å². The smallest absolute Gasteiger partial charge is 0.293 e. The maximum Gasteiger partial charge on any atom is 0.293 e. The Morgan fingerprint density at radius 3 is 2.34 bits per heavy atom. The average Bonchev–Trinajstić information content (AvgIpc) is 3.11. The van der Waals surface area contributed by atoms with Crippen molar-refractivity contribution in [2.24, 2.45) is 0 Å². The van der Waals surface area contributed by atoms with Crippen molar-refractivity contribution < 1.29 is 28.4 Å². The van der Waals surface area contributed by atoms with E-state index in [4.69, 9.17) is 9.47 Å². The summed E-state index contributed by atoms with van der Waals surface area (Å²) in [7, 11) is 1.48. The predicted molar refractivity (Wildman–Crippen MR) is 128 cm³/mol. The number of thioether (sulfide) groups is 1. The molecular formula is C25H19FN2O6S. The van der Waals surface area contributed by atoms with Gasteiger partial charge in [0.05, 0.1) is 23.5 Å². The third-order valence-electron chi connectivity index (χ3n) is 5.15. The SMILES string of the molecule is COc1cc(/C=C2/SC(=O)N(Cc3ccc(F)cc3)C2=O)ccc1OCc1ccc([N+](=O)[O-])cc1. The molecule has 0 unspecified atom stereocenters. The highest BCUT2D eigenvalue weighted by Gasteiger charge is 2.35. The van der Waals surface area contributed by atoms with Gasteiger partial charge >= 0.3 is 0 Å². The topological polar surface area (TPSA) is 99.0 Å². The Bertz CT molecular complexity index is 1310. The Morgan fingerprint density at radius 2 is 1.69 bits per heavy atom. The summed E-state index contributed by atoms with van der Waals surface area (Å²) < 4.78 is 24.3. The van der Waals surface area contributed by atoms with E-state index in [9.17, 15) is 24.1 Å². The number of methoxy groups -OCH3 is 1. The summed E-state index contributed by atoms with van der Waals surface area (Å²) >= 11 is 0.832.